The lowest BCUT2D eigenvalue weighted by Gasteiger charge is -2.20. The van der Waals surface area contributed by atoms with Crippen molar-refractivity contribution in [2.45, 2.75) is 20.8 Å². The maximum Gasteiger partial charge on any atom is 0.283 e. The summed E-state index contributed by atoms with van der Waals surface area (Å²) in [6.45, 7) is 6.26. The van der Waals surface area contributed by atoms with Crippen LogP contribution in [-0.4, -0.2) is 38.1 Å². The van der Waals surface area contributed by atoms with Crippen LogP contribution in [0.1, 0.15) is 22.5 Å². The minimum atomic E-state index is -0.440. The van der Waals surface area contributed by atoms with Gasteiger partial charge in [-0.3, -0.25) is 10.2 Å². The summed E-state index contributed by atoms with van der Waals surface area (Å²) in [5.74, 6) is 0.317. The Balaban J connectivity index is 1.40. The number of rotatable bonds is 5. The van der Waals surface area contributed by atoms with Crippen LogP contribution in [0.3, 0.4) is 0 Å². The Morgan fingerprint density at radius 1 is 1.06 bits per heavy atom. The summed E-state index contributed by atoms with van der Waals surface area (Å²) in [5, 5.41) is 15.6. The van der Waals surface area contributed by atoms with Crippen molar-refractivity contribution in [1.29, 1.82) is 5.41 Å². The number of aromatic nitrogens is 1. The van der Waals surface area contributed by atoms with Crippen molar-refractivity contribution in [3.05, 3.63) is 88.8 Å². The Bertz CT molecular complexity index is 1400. The molecule has 8 heteroatoms. The molecular formula is C26H23N5O2S. The molecule has 170 valence electrons. The number of thioether (sulfide) groups is 1. The molecule has 2 aliphatic heterocycles. The van der Waals surface area contributed by atoms with Crippen molar-refractivity contribution < 1.29 is 9.53 Å². The monoisotopic (exact) mass is 469 g/mol. The lowest BCUT2D eigenvalue weighted by molar-refractivity contribution is -0.114. The maximum absolute atomic E-state index is 12.8. The van der Waals surface area contributed by atoms with Crippen molar-refractivity contribution >= 4 is 39.8 Å². The molecule has 7 nitrogen and oxygen atoms in total. The minimum absolute atomic E-state index is 0.0116. The summed E-state index contributed by atoms with van der Waals surface area (Å²) in [5.41, 5.74) is 5.26. The quantitative estimate of drug-likeness (QED) is 0.527. The van der Waals surface area contributed by atoms with E-state index in [4.69, 9.17) is 10.1 Å². The smallest absolute Gasteiger partial charge is 0.283 e. The first-order valence-corrected chi connectivity index (χ1v) is 11.7. The van der Waals surface area contributed by atoms with Gasteiger partial charge in [0.15, 0.2) is 5.84 Å². The average molecular weight is 470 g/mol. The first-order valence-electron chi connectivity index (χ1n) is 10.8. The number of carbonyl (C=O) groups excluding carboxylic acids is 1. The van der Waals surface area contributed by atoms with Crippen LogP contribution in [0.15, 0.2) is 76.3 Å². The van der Waals surface area contributed by atoms with Gasteiger partial charge in [0.05, 0.1) is 5.57 Å². The van der Waals surface area contributed by atoms with E-state index in [1.807, 2.05) is 81.4 Å². The molecule has 0 bridgehead atoms. The molecule has 34 heavy (non-hydrogen) atoms. The van der Waals surface area contributed by atoms with Gasteiger partial charge < -0.3 is 9.30 Å². The number of hydrogen-bond acceptors (Lipinski definition) is 5. The molecule has 2 aliphatic rings. The number of amidine groups is 2. The third-order valence-electron chi connectivity index (χ3n) is 5.63. The number of aryl methyl sites for hydroxylation is 2. The van der Waals surface area contributed by atoms with Gasteiger partial charge in [0.1, 0.15) is 17.4 Å². The zero-order valence-corrected chi connectivity index (χ0v) is 19.9. The van der Waals surface area contributed by atoms with Crippen LogP contribution < -0.4 is 4.74 Å². The van der Waals surface area contributed by atoms with Crippen LogP contribution in [-0.2, 0) is 4.79 Å². The van der Waals surface area contributed by atoms with Crippen molar-refractivity contribution in [3.8, 4) is 11.4 Å². The van der Waals surface area contributed by atoms with E-state index in [1.54, 1.807) is 6.08 Å². The van der Waals surface area contributed by atoms with Crippen molar-refractivity contribution in [3.63, 3.8) is 0 Å². The number of aliphatic imine (C=N–C) groups is 1. The Hall–Kier alpha value is -3.91. The second-order valence-electron chi connectivity index (χ2n) is 8.12. The molecule has 0 spiro atoms. The van der Waals surface area contributed by atoms with Gasteiger partial charge in [-0.2, -0.15) is 15.1 Å². The summed E-state index contributed by atoms with van der Waals surface area (Å²) >= 11 is 1.25. The van der Waals surface area contributed by atoms with Crippen LogP contribution in [0, 0.1) is 26.2 Å². The lowest BCUT2D eigenvalue weighted by atomic mass is 10.1. The fourth-order valence-corrected chi connectivity index (χ4v) is 4.80. The zero-order chi connectivity index (χ0) is 23.8. The highest BCUT2D eigenvalue weighted by molar-refractivity contribution is 8.27. The SMILES string of the molecule is Cc1cccc(OCC2=NN3C(=N)C(=Cc4cc(C)n(-c5ccccc5)c4C)C(=O)N=C3S2)c1. The summed E-state index contributed by atoms with van der Waals surface area (Å²) in [6, 6.07) is 19.8. The highest BCUT2D eigenvalue weighted by Gasteiger charge is 2.36. The number of benzene rings is 2. The van der Waals surface area contributed by atoms with Crippen molar-refractivity contribution in [2.24, 2.45) is 10.1 Å². The summed E-state index contributed by atoms with van der Waals surface area (Å²) in [6.07, 6.45) is 1.73. The molecule has 0 saturated carbocycles. The van der Waals surface area contributed by atoms with Crippen molar-refractivity contribution in [1.82, 2.24) is 9.58 Å². The first kappa shape index (κ1) is 21.9. The molecule has 0 fully saturated rings. The number of hydrogen-bond donors (Lipinski definition) is 1. The van der Waals surface area contributed by atoms with Gasteiger partial charge in [0.2, 0.25) is 5.17 Å². The van der Waals surface area contributed by atoms with Gasteiger partial charge in [0.25, 0.3) is 5.91 Å². The molecule has 1 N–H and O–H groups in total. The molecule has 1 aromatic heterocycles. The van der Waals surface area contributed by atoms with Crippen LogP contribution >= 0.6 is 11.8 Å². The normalized spacial score (nSPS) is 16.6. The van der Waals surface area contributed by atoms with Crippen molar-refractivity contribution in [2.75, 3.05) is 6.61 Å². The molecule has 5 rings (SSSR count). The van der Waals surface area contributed by atoms with Gasteiger partial charge in [-0.05, 0) is 80.1 Å². The molecule has 0 aliphatic carbocycles. The second-order valence-corrected chi connectivity index (χ2v) is 9.16. The Labute approximate surface area is 202 Å². The number of carbonyl (C=O) groups is 1. The molecule has 3 aromatic rings. The standard InChI is InChI=1S/C26H23N5O2S/c1-16-8-7-11-21(12-16)33-15-23-29-31-24(27)22(25(32)28-26(31)34-23)14-19-13-17(2)30(18(19)3)20-9-5-4-6-10-20/h4-14,27H,15H2,1-3H3. The third-order valence-corrected chi connectivity index (χ3v) is 6.51. The highest BCUT2D eigenvalue weighted by atomic mass is 32.2. The first-order chi connectivity index (χ1) is 16.4. The number of nitrogens with one attached hydrogen (secondary N) is 1. The molecule has 0 unspecified atom stereocenters. The highest BCUT2D eigenvalue weighted by Crippen LogP contribution is 2.30. The van der Waals surface area contributed by atoms with E-state index < -0.39 is 5.91 Å². The van der Waals surface area contributed by atoms with Gasteiger partial charge in [0, 0.05) is 17.1 Å². The van der Waals surface area contributed by atoms with E-state index in [1.165, 1.54) is 16.8 Å². The predicted molar refractivity (Wildman–Crippen MR) is 137 cm³/mol. The van der Waals surface area contributed by atoms with E-state index in [9.17, 15) is 4.79 Å². The average Bonchev–Trinajstić information content (AvgIpc) is 3.35. The Morgan fingerprint density at radius 3 is 2.62 bits per heavy atom. The van der Waals surface area contributed by atoms with E-state index in [0.717, 1.165) is 34.0 Å². The summed E-state index contributed by atoms with van der Waals surface area (Å²) < 4.78 is 7.96. The van der Waals surface area contributed by atoms with Gasteiger partial charge in [-0.15, -0.1) is 0 Å². The largest absolute Gasteiger partial charge is 0.487 e. The van der Waals surface area contributed by atoms with Gasteiger partial charge >= 0.3 is 0 Å². The Morgan fingerprint density at radius 2 is 1.85 bits per heavy atom. The summed E-state index contributed by atoms with van der Waals surface area (Å²) in [7, 11) is 0. The molecule has 0 atom stereocenters. The van der Waals surface area contributed by atoms with E-state index in [2.05, 4.69) is 14.7 Å². The number of hydrazone groups is 1. The number of para-hydroxylation sites is 1. The van der Waals surface area contributed by atoms with Crippen LogP contribution in [0.4, 0.5) is 0 Å². The van der Waals surface area contributed by atoms with Gasteiger partial charge in [-0.25, -0.2) is 0 Å². The van der Waals surface area contributed by atoms with E-state index >= 15 is 0 Å². The molecule has 1 amide bonds. The molecule has 3 heterocycles. The van der Waals surface area contributed by atoms with Crippen LogP contribution in [0.5, 0.6) is 5.75 Å². The number of ether oxygens (including phenoxy) is 1. The number of nitrogens with zero attached hydrogens (tertiary/aromatic N) is 4. The molecule has 2 aromatic carbocycles. The number of fused-ring (bicyclic) bond motifs is 1. The number of amides is 1. The molecule has 0 saturated heterocycles. The third kappa shape index (κ3) is 4.08. The molecular weight excluding hydrogens is 446 g/mol. The zero-order valence-electron chi connectivity index (χ0n) is 19.1. The van der Waals surface area contributed by atoms with E-state index in [-0.39, 0.29) is 18.0 Å². The summed E-state index contributed by atoms with van der Waals surface area (Å²) in [4.78, 5) is 17.0. The fraction of sp³-hybridized carbons (Fsp3) is 0.154. The van der Waals surface area contributed by atoms with Gasteiger partial charge in [-0.1, -0.05) is 30.3 Å². The minimum Gasteiger partial charge on any atom is -0.487 e. The van der Waals surface area contributed by atoms with E-state index in [0.29, 0.717) is 10.2 Å². The predicted octanol–water partition coefficient (Wildman–Crippen LogP) is 5.10. The Kier molecular flexibility index (Phi) is 5.67. The second kappa shape index (κ2) is 8.79. The van der Waals surface area contributed by atoms with Crippen LogP contribution in [0.25, 0.3) is 11.8 Å². The molecule has 0 radical (unpaired) electrons. The maximum atomic E-state index is 12.8. The fourth-order valence-electron chi connectivity index (χ4n) is 4.00. The van der Waals surface area contributed by atoms with Crippen LogP contribution in [0.2, 0.25) is 0 Å². The topological polar surface area (TPSA) is 83.0 Å². The lowest BCUT2D eigenvalue weighted by Crippen LogP contribution is -2.35.